The maximum absolute atomic E-state index is 11.9. The molecule has 23 heavy (non-hydrogen) atoms. The van der Waals surface area contributed by atoms with E-state index in [-0.39, 0.29) is 11.7 Å². The van der Waals surface area contributed by atoms with E-state index < -0.39 is 11.9 Å². The van der Waals surface area contributed by atoms with Gasteiger partial charge in [0.2, 0.25) is 0 Å². The number of carbonyl (C=O) groups is 2. The van der Waals surface area contributed by atoms with Gasteiger partial charge in [0.15, 0.2) is 0 Å². The molecule has 2 aromatic rings. The maximum atomic E-state index is 11.9. The lowest BCUT2D eigenvalue weighted by molar-refractivity contribution is -0.122. The normalized spacial score (nSPS) is 11.9. The third-order valence-corrected chi connectivity index (χ3v) is 3.06. The van der Waals surface area contributed by atoms with Crippen LogP contribution in [0.25, 0.3) is 0 Å². The van der Waals surface area contributed by atoms with Gasteiger partial charge in [0, 0.05) is 5.56 Å². The monoisotopic (exact) mass is 311 g/mol. The molecule has 0 saturated carbocycles. The van der Waals surface area contributed by atoms with Gasteiger partial charge in [-0.3, -0.25) is 9.59 Å². The number of hydrogen-bond donors (Lipinski definition) is 3. The van der Waals surface area contributed by atoms with Crippen molar-refractivity contribution in [2.24, 2.45) is 5.10 Å². The molecule has 0 bridgehead atoms. The van der Waals surface area contributed by atoms with E-state index in [1.807, 2.05) is 6.07 Å². The van der Waals surface area contributed by atoms with Crippen molar-refractivity contribution in [2.45, 2.75) is 13.0 Å². The largest absolute Gasteiger partial charge is 0.508 e. The van der Waals surface area contributed by atoms with Crippen LogP contribution in [0.2, 0.25) is 0 Å². The first-order valence-corrected chi connectivity index (χ1v) is 7.04. The zero-order valence-electron chi connectivity index (χ0n) is 12.6. The SMILES string of the molecule is C[C@@H](NC(=O)c1ccccc1)C(=O)N/N=C\c1ccc(O)cc1. The molecule has 1 atom stereocenters. The second-order valence-electron chi connectivity index (χ2n) is 4.89. The number of nitrogens with one attached hydrogen (secondary N) is 2. The highest BCUT2D eigenvalue weighted by Gasteiger charge is 2.15. The van der Waals surface area contributed by atoms with Gasteiger partial charge in [0.05, 0.1) is 6.21 Å². The van der Waals surface area contributed by atoms with Crippen LogP contribution in [-0.2, 0) is 4.79 Å². The van der Waals surface area contributed by atoms with E-state index in [2.05, 4.69) is 15.8 Å². The van der Waals surface area contributed by atoms with Crippen LogP contribution in [-0.4, -0.2) is 29.2 Å². The van der Waals surface area contributed by atoms with E-state index in [0.717, 1.165) is 5.56 Å². The molecule has 2 rings (SSSR count). The topological polar surface area (TPSA) is 90.8 Å². The minimum atomic E-state index is -0.723. The quantitative estimate of drug-likeness (QED) is 0.579. The minimum absolute atomic E-state index is 0.156. The average molecular weight is 311 g/mol. The van der Waals surface area contributed by atoms with Crippen LogP contribution in [0.15, 0.2) is 59.7 Å². The number of aromatic hydroxyl groups is 1. The zero-order valence-corrected chi connectivity index (χ0v) is 12.6. The van der Waals surface area contributed by atoms with Gasteiger partial charge in [-0.25, -0.2) is 5.43 Å². The number of benzene rings is 2. The second kappa shape index (κ2) is 7.74. The molecule has 0 aliphatic heterocycles. The Bertz CT molecular complexity index is 697. The highest BCUT2D eigenvalue weighted by atomic mass is 16.3. The van der Waals surface area contributed by atoms with Gasteiger partial charge in [0.25, 0.3) is 11.8 Å². The number of amides is 2. The Morgan fingerprint density at radius 2 is 1.74 bits per heavy atom. The molecule has 0 aliphatic rings. The molecule has 0 unspecified atom stereocenters. The summed E-state index contributed by atoms with van der Waals surface area (Å²) < 4.78 is 0. The van der Waals surface area contributed by atoms with E-state index in [1.165, 1.54) is 18.3 Å². The van der Waals surface area contributed by atoms with Gasteiger partial charge in [-0.2, -0.15) is 5.10 Å². The number of hydrogen-bond acceptors (Lipinski definition) is 4. The first-order valence-electron chi connectivity index (χ1n) is 7.04. The molecular formula is C17H17N3O3. The lowest BCUT2D eigenvalue weighted by Gasteiger charge is -2.12. The Kier molecular flexibility index (Phi) is 5.46. The molecule has 6 heteroatoms. The first kappa shape index (κ1) is 16.2. The van der Waals surface area contributed by atoms with Gasteiger partial charge in [-0.1, -0.05) is 18.2 Å². The summed E-state index contributed by atoms with van der Waals surface area (Å²) in [4.78, 5) is 23.8. The number of phenols is 1. The second-order valence-corrected chi connectivity index (χ2v) is 4.89. The maximum Gasteiger partial charge on any atom is 0.262 e. The Morgan fingerprint density at radius 3 is 2.39 bits per heavy atom. The van der Waals surface area contributed by atoms with Crippen molar-refractivity contribution in [3.05, 3.63) is 65.7 Å². The smallest absolute Gasteiger partial charge is 0.262 e. The van der Waals surface area contributed by atoms with E-state index in [0.29, 0.717) is 5.56 Å². The van der Waals surface area contributed by atoms with Crippen LogP contribution in [0.4, 0.5) is 0 Å². The summed E-state index contributed by atoms with van der Waals surface area (Å²) in [6, 6.07) is 14.3. The fraction of sp³-hybridized carbons (Fsp3) is 0.118. The Balaban J connectivity index is 1.85. The van der Waals surface area contributed by atoms with Crippen LogP contribution >= 0.6 is 0 Å². The molecule has 6 nitrogen and oxygen atoms in total. The Hall–Kier alpha value is -3.15. The highest BCUT2D eigenvalue weighted by Crippen LogP contribution is 2.07. The third-order valence-electron chi connectivity index (χ3n) is 3.06. The van der Waals surface area contributed by atoms with E-state index in [9.17, 15) is 9.59 Å². The molecule has 3 N–H and O–H groups in total. The molecule has 0 radical (unpaired) electrons. The van der Waals surface area contributed by atoms with Gasteiger partial charge < -0.3 is 10.4 Å². The van der Waals surface area contributed by atoms with Crippen molar-refractivity contribution in [1.82, 2.24) is 10.7 Å². The summed E-state index contributed by atoms with van der Waals surface area (Å²) in [6.45, 7) is 1.58. The van der Waals surface area contributed by atoms with Crippen molar-refractivity contribution in [1.29, 1.82) is 0 Å². The number of carbonyl (C=O) groups excluding carboxylic acids is 2. The molecule has 0 heterocycles. The molecule has 2 amide bonds. The van der Waals surface area contributed by atoms with E-state index in [1.54, 1.807) is 43.3 Å². The molecule has 2 aromatic carbocycles. The molecule has 0 spiro atoms. The van der Waals surface area contributed by atoms with Gasteiger partial charge in [-0.15, -0.1) is 0 Å². The lowest BCUT2D eigenvalue weighted by atomic mass is 10.2. The standard InChI is InChI=1S/C17H17N3O3/c1-12(19-17(23)14-5-3-2-4-6-14)16(22)20-18-11-13-7-9-15(21)10-8-13/h2-12,21H,1H3,(H,19,23)(H,20,22)/b18-11-/t12-/m1/s1. The fourth-order valence-corrected chi connectivity index (χ4v) is 1.76. The van der Waals surface area contributed by atoms with Crippen LogP contribution in [0, 0.1) is 0 Å². The van der Waals surface area contributed by atoms with Crippen molar-refractivity contribution < 1.29 is 14.7 Å². The van der Waals surface area contributed by atoms with Crippen LogP contribution in [0.5, 0.6) is 5.75 Å². The molecule has 0 fully saturated rings. The summed E-state index contributed by atoms with van der Waals surface area (Å²) in [5, 5.41) is 15.6. The summed E-state index contributed by atoms with van der Waals surface area (Å²) >= 11 is 0. The average Bonchev–Trinajstić information content (AvgIpc) is 2.57. The van der Waals surface area contributed by atoms with E-state index in [4.69, 9.17) is 5.11 Å². The summed E-state index contributed by atoms with van der Waals surface area (Å²) in [6.07, 6.45) is 1.45. The summed E-state index contributed by atoms with van der Waals surface area (Å²) in [7, 11) is 0. The predicted molar refractivity (Wildman–Crippen MR) is 87.2 cm³/mol. The number of phenolic OH excluding ortho intramolecular Hbond substituents is 1. The van der Waals surface area contributed by atoms with Crippen LogP contribution in [0.1, 0.15) is 22.8 Å². The fourth-order valence-electron chi connectivity index (χ4n) is 1.76. The van der Waals surface area contributed by atoms with Gasteiger partial charge >= 0.3 is 0 Å². The Labute approximate surface area is 133 Å². The van der Waals surface area contributed by atoms with Crippen LogP contribution in [0.3, 0.4) is 0 Å². The summed E-state index contributed by atoms with van der Waals surface area (Å²) in [5.41, 5.74) is 3.57. The molecule has 0 aromatic heterocycles. The van der Waals surface area contributed by atoms with Crippen molar-refractivity contribution in [2.75, 3.05) is 0 Å². The molecular weight excluding hydrogens is 294 g/mol. The van der Waals surface area contributed by atoms with Gasteiger partial charge in [-0.05, 0) is 48.9 Å². The minimum Gasteiger partial charge on any atom is -0.508 e. The first-order chi connectivity index (χ1) is 11.1. The molecule has 118 valence electrons. The number of rotatable bonds is 5. The predicted octanol–water partition coefficient (Wildman–Crippen LogP) is 1.66. The van der Waals surface area contributed by atoms with Crippen LogP contribution < -0.4 is 10.7 Å². The van der Waals surface area contributed by atoms with Gasteiger partial charge in [0.1, 0.15) is 11.8 Å². The Morgan fingerprint density at radius 1 is 1.09 bits per heavy atom. The lowest BCUT2D eigenvalue weighted by Crippen LogP contribution is -2.43. The summed E-state index contributed by atoms with van der Waals surface area (Å²) in [5.74, 6) is -0.594. The van der Waals surface area contributed by atoms with Crippen molar-refractivity contribution >= 4 is 18.0 Å². The molecule has 0 saturated heterocycles. The highest BCUT2D eigenvalue weighted by molar-refractivity contribution is 5.97. The molecule has 0 aliphatic carbocycles. The van der Waals surface area contributed by atoms with Crippen molar-refractivity contribution in [3.8, 4) is 5.75 Å². The zero-order chi connectivity index (χ0) is 16.7. The third kappa shape index (κ3) is 4.96. The van der Waals surface area contributed by atoms with E-state index >= 15 is 0 Å². The van der Waals surface area contributed by atoms with Crippen molar-refractivity contribution in [3.63, 3.8) is 0 Å². The number of nitrogens with zero attached hydrogens (tertiary/aromatic N) is 1. The number of hydrazone groups is 1.